The Morgan fingerprint density at radius 2 is 2.00 bits per heavy atom. The molecule has 0 spiro atoms. The van der Waals surface area contributed by atoms with E-state index in [0.717, 1.165) is 6.08 Å². The van der Waals surface area contributed by atoms with E-state index < -0.39 is 5.97 Å². The highest BCUT2D eigenvalue weighted by atomic mass is 16.5. The molecule has 0 rings (SSSR count). The van der Waals surface area contributed by atoms with E-state index in [9.17, 15) is 9.59 Å². The van der Waals surface area contributed by atoms with E-state index >= 15 is 0 Å². The van der Waals surface area contributed by atoms with Crippen LogP contribution in [0.25, 0.3) is 0 Å². The summed E-state index contributed by atoms with van der Waals surface area (Å²) in [5.41, 5.74) is 5.09. The first kappa shape index (κ1) is 12.7. The fraction of sp³-hybridized carbons (Fsp3) is 0.600. The largest absolute Gasteiger partial charge is 0.460 e. The maximum atomic E-state index is 10.8. The van der Waals surface area contributed by atoms with Crippen molar-refractivity contribution >= 4 is 11.9 Å². The van der Waals surface area contributed by atoms with Crippen LogP contribution in [-0.2, 0) is 14.3 Å². The molecule has 0 heterocycles. The molecular formula is C10H17NO3. The first-order chi connectivity index (χ1) is 6.47. The number of ether oxygens (including phenoxy) is 1. The van der Waals surface area contributed by atoms with Gasteiger partial charge in [-0.3, -0.25) is 4.79 Å². The van der Waals surface area contributed by atoms with E-state index in [2.05, 4.69) is 6.58 Å². The molecule has 0 saturated heterocycles. The maximum absolute atomic E-state index is 10.8. The monoisotopic (exact) mass is 199 g/mol. The SMILES string of the molecule is C=CC(=O)OC(C)CCC(C)C(N)=O. The van der Waals surface area contributed by atoms with Crippen molar-refractivity contribution in [2.75, 3.05) is 0 Å². The van der Waals surface area contributed by atoms with Gasteiger partial charge in [0, 0.05) is 12.0 Å². The van der Waals surface area contributed by atoms with Gasteiger partial charge in [0.25, 0.3) is 0 Å². The summed E-state index contributed by atoms with van der Waals surface area (Å²) in [5, 5.41) is 0. The van der Waals surface area contributed by atoms with Crippen LogP contribution in [0.2, 0.25) is 0 Å². The highest BCUT2D eigenvalue weighted by Crippen LogP contribution is 2.09. The number of rotatable bonds is 6. The number of esters is 1. The Hall–Kier alpha value is -1.32. The summed E-state index contributed by atoms with van der Waals surface area (Å²) in [6.45, 7) is 6.82. The second-order valence-electron chi connectivity index (χ2n) is 3.33. The van der Waals surface area contributed by atoms with Gasteiger partial charge in [-0.1, -0.05) is 13.5 Å². The molecule has 0 aliphatic heterocycles. The fourth-order valence-corrected chi connectivity index (χ4v) is 0.932. The molecule has 1 amide bonds. The molecule has 0 fully saturated rings. The van der Waals surface area contributed by atoms with E-state index in [-0.39, 0.29) is 17.9 Å². The first-order valence-electron chi connectivity index (χ1n) is 4.59. The van der Waals surface area contributed by atoms with Crippen molar-refractivity contribution in [1.82, 2.24) is 0 Å². The number of amides is 1. The Balaban J connectivity index is 3.73. The average Bonchev–Trinajstić information content (AvgIpc) is 2.13. The van der Waals surface area contributed by atoms with E-state index in [1.165, 1.54) is 0 Å². The molecule has 2 atom stereocenters. The minimum atomic E-state index is -0.441. The van der Waals surface area contributed by atoms with Gasteiger partial charge in [0.1, 0.15) is 0 Å². The average molecular weight is 199 g/mol. The minimum absolute atomic E-state index is 0.181. The minimum Gasteiger partial charge on any atom is -0.460 e. The second-order valence-corrected chi connectivity index (χ2v) is 3.33. The van der Waals surface area contributed by atoms with Gasteiger partial charge in [-0.05, 0) is 19.8 Å². The molecule has 0 aromatic carbocycles. The molecule has 80 valence electrons. The molecule has 4 heteroatoms. The van der Waals surface area contributed by atoms with Crippen LogP contribution in [0.3, 0.4) is 0 Å². The van der Waals surface area contributed by atoms with E-state index in [1.807, 2.05) is 0 Å². The van der Waals surface area contributed by atoms with Gasteiger partial charge in [0.05, 0.1) is 6.10 Å². The van der Waals surface area contributed by atoms with Crippen molar-refractivity contribution in [1.29, 1.82) is 0 Å². The molecule has 4 nitrogen and oxygen atoms in total. The summed E-state index contributed by atoms with van der Waals surface area (Å²) in [5.74, 6) is -0.948. The van der Waals surface area contributed by atoms with E-state index in [1.54, 1.807) is 13.8 Å². The van der Waals surface area contributed by atoms with Crippen molar-refractivity contribution in [3.8, 4) is 0 Å². The Morgan fingerprint density at radius 1 is 1.43 bits per heavy atom. The Bertz CT molecular complexity index is 225. The van der Waals surface area contributed by atoms with Gasteiger partial charge in [-0.2, -0.15) is 0 Å². The summed E-state index contributed by atoms with van der Waals surface area (Å²) < 4.78 is 4.92. The highest BCUT2D eigenvalue weighted by Gasteiger charge is 2.12. The smallest absolute Gasteiger partial charge is 0.330 e. The summed E-state index contributed by atoms with van der Waals surface area (Å²) in [4.78, 5) is 21.5. The molecule has 0 aliphatic carbocycles. The summed E-state index contributed by atoms with van der Waals surface area (Å²) >= 11 is 0. The van der Waals surface area contributed by atoms with Crippen molar-refractivity contribution < 1.29 is 14.3 Å². The maximum Gasteiger partial charge on any atom is 0.330 e. The molecule has 0 radical (unpaired) electrons. The van der Waals surface area contributed by atoms with Crippen molar-refractivity contribution in [3.63, 3.8) is 0 Å². The zero-order valence-electron chi connectivity index (χ0n) is 8.66. The van der Waals surface area contributed by atoms with Crippen LogP contribution >= 0.6 is 0 Å². The number of hydrogen-bond donors (Lipinski definition) is 1. The zero-order chi connectivity index (χ0) is 11.1. The van der Waals surface area contributed by atoms with Crippen LogP contribution in [0.1, 0.15) is 26.7 Å². The van der Waals surface area contributed by atoms with Crippen molar-refractivity contribution in [3.05, 3.63) is 12.7 Å². The van der Waals surface area contributed by atoms with Crippen molar-refractivity contribution in [2.24, 2.45) is 11.7 Å². The molecule has 2 N–H and O–H groups in total. The van der Waals surface area contributed by atoms with Crippen LogP contribution < -0.4 is 5.73 Å². The molecule has 0 bridgehead atoms. The van der Waals surface area contributed by atoms with E-state index in [0.29, 0.717) is 12.8 Å². The quantitative estimate of drug-likeness (QED) is 0.512. The van der Waals surface area contributed by atoms with Crippen LogP contribution in [0.5, 0.6) is 0 Å². The number of nitrogens with two attached hydrogens (primary N) is 1. The molecule has 0 saturated carbocycles. The molecule has 0 aromatic heterocycles. The number of carbonyl (C=O) groups is 2. The van der Waals surface area contributed by atoms with Gasteiger partial charge < -0.3 is 10.5 Å². The summed E-state index contributed by atoms with van der Waals surface area (Å²) in [6.07, 6.45) is 2.17. The topological polar surface area (TPSA) is 69.4 Å². The summed E-state index contributed by atoms with van der Waals surface area (Å²) in [6, 6.07) is 0. The standard InChI is InChI=1S/C10H17NO3/c1-4-9(12)14-8(3)6-5-7(2)10(11)13/h4,7-8H,1,5-6H2,2-3H3,(H2,11,13). The molecule has 2 unspecified atom stereocenters. The lowest BCUT2D eigenvalue weighted by Crippen LogP contribution is -2.22. The lowest BCUT2D eigenvalue weighted by molar-refractivity contribution is -0.142. The third-order valence-corrected chi connectivity index (χ3v) is 1.98. The number of primary amides is 1. The van der Waals surface area contributed by atoms with E-state index in [4.69, 9.17) is 10.5 Å². The Kier molecular flexibility index (Phi) is 5.60. The summed E-state index contributed by atoms with van der Waals surface area (Å²) in [7, 11) is 0. The van der Waals surface area contributed by atoms with Crippen LogP contribution in [0.4, 0.5) is 0 Å². The predicted octanol–water partition coefficient (Wildman–Crippen LogP) is 1.01. The van der Waals surface area contributed by atoms with Crippen LogP contribution in [0.15, 0.2) is 12.7 Å². The number of hydrogen-bond acceptors (Lipinski definition) is 3. The molecule has 0 aliphatic rings. The van der Waals surface area contributed by atoms with Crippen molar-refractivity contribution in [2.45, 2.75) is 32.8 Å². The lowest BCUT2D eigenvalue weighted by Gasteiger charge is -2.13. The molecule has 0 aromatic rings. The molecular weight excluding hydrogens is 182 g/mol. The van der Waals surface area contributed by atoms with Gasteiger partial charge >= 0.3 is 5.97 Å². The Morgan fingerprint density at radius 3 is 2.43 bits per heavy atom. The van der Waals surface area contributed by atoms with Crippen LogP contribution in [0, 0.1) is 5.92 Å². The predicted molar refractivity (Wildman–Crippen MR) is 53.3 cm³/mol. The first-order valence-corrected chi connectivity index (χ1v) is 4.59. The zero-order valence-corrected chi connectivity index (χ0v) is 8.66. The van der Waals surface area contributed by atoms with Gasteiger partial charge in [0.2, 0.25) is 5.91 Å². The molecule has 14 heavy (non-hydrogen) atoms. The normalized spacial score (nSPS) is 14.1. The van der Waals surface area contributed by atoms with Gasteiger partial charge in [-0.15, -0.1) is 0 Å². The number of carbonyl (C=O) groups excluding carboxylic acids is 2. The third-order valence-electron chi connectivity index (χ3n) is 1.98. The lowest BCUT2D eigenvalue weighted by atomic mass is 10.0. The highest BCUT2D eigenvalue weighted by molar-refractivity contribution is 5.81. The second kappa shape index (κ2) is 6.18. The van der Waals surface area contributed by atoms with Gasteiger partial charge in [0.15, 0.2) is 0 Å². The van der Waals surface area contributed by atoms with Gasteiger partial charge in [-0.25, -0.2) is 4.79 Å². The fourth-order valence-electron chi connectivity index (χ4n) is 0.932. The van der Waals surface area contributed by atoms with Crippen LogP contribution in [-0.4, -0.2) is 18.0 Å². The third kappa shape index (κ3) is 5.35. The Labute approximate surface area is 84.1 Å².